The number of hydrogen-bond donors (Lipinski definition) is 3. The Morgan fingerprint density at radius 3 is 2.68 bits per heavy atom. The Hall–Kier alpha value is -1.76. The Balaban J connectivity index is 2.09. The zero-order chi connectivity index (χ0) is 14.0. The molecule has 1 amide bonds. The van der Waals surface area contributed by atoms with Crippen LogP contribution in [0.5, 0.6) is 0 Å². The van der Waals surface area contributed by atoms with E-state index in [0.717, 1.165) is 0 Å². The van der Waals surface area contributed by atoms with Crippen LogP contribution in [-0.4, -0.2) is 31.9 Å². The van der Waals surface area contributed by atoms with Crippen LogP contribution in [0.15, 0.2) is 18.2 Å². The lowest BCUT2D eigenvalue weighted by atomic mass is 10.1. The average molecular weight is 283 g/mol. The molecule has 1 heterocycles. The number of nitrogens with two attached hydrogens (primary N) is 2. The van der Waals surface area contributed by atoms with Gasteiger partial charge in [-0.1, -0.05) is 0 Å². The second kappa shape index (κ2) is 5.08. The van der Waals surface area contributed by atoms with E-state index in [1.165, 1.54) is 12.1 Å². The lowest BCUT2D eigenvalue weighted by Crippen LogP contribution is -2.43. The molecular formula is C12H17N3O3S. The zero-order valence-corrected chi connectivity index (χ0v) is 11.2. The Morgan fingerprint density at radius 1 is 1.32 bits per heavy atom. The van der Waals surface area contributed by atoms with Crippen LogP contribution in [0.4, 0.5) is 11.4 Å². The maximum Gasteiger partial charge on any atom is 0.253 e. The van der Waals surface area contributed by atoms with Gasteiger partial charge in [0, 0.05) is 17.4 Å². The van der Waals surface area contributed by atoms with Crippen molar-refractivity contribution in [2.75, 3.05) is 23.0 Å². The molecule has 6 nitrogen and oxygen atoms in total. The molecule has 2 rings (SSSR count). The van der Waals surface area contributed by atoms with Crippen molar-refractivity contribution >= 4 is 27.1 Å². The number of hydrogen-bond acceptors (Lipinski definition) is 5. The number of rotatable bonds is 2. The van der Waals surface area contributed by atoms with Gasteiger partial charge in [0.25, 0.3) is 5.91 Å². The fourth-order valence-corrected chi connectivity index (χ4v) is 3.82. The van der Waals surface area contributed by atoms with Crippen molar-refractivity contribution in [3.8, 4) is 0 Å². The standard InChI is InChI=1S/C12H17N3O3S/c13-8-3-4-10(11(14)6-8)12(16)15-9-2-1-5-19(17,18)7-9/h3-4,6,9H,1-2,5,7,13-14H2,(H,15,16). The first kappa shape index (κ1) is 13.7. The Labute approximate surface area is 112 Å². The largest absolute Gasteiger partial charge is 0.399 e. The first-order valence-electron chi connectivity index (χ1n) is 6.04. The molecule has 0 aliphatic carbocycles. The summed E-state index contributed by atoms with van der Waals surface area (Å²) in [5.41, 5.74) is 12.4. The molecule has 1 aromatic carbocycles. The molecule has 19 heavy (non-hydrogen) atoms. The summed E-state index contributed by atoms with van der Waals surface area (Å²) in [4.78, 5) is 12.0. The quantitative estimate of drug-likeness (QED) is 0.669. The summed E-state index contributed by atoms with van der Waals surface area (Å²) in [5, 5.41) is 2.71. The molecule has 1 atom stereocenters. The number of nitrogens with one attached hydrogen (secondary N) is 1. The van der Waals surface area contributed by atoms with Gasteiger partial charge in [-0.25, -0.2) is 8.42 Å². The molecule has 1 fully saturated rings. The van der Waals surface area contributed by atoms with Crippen molar-refractivity contribution in [2.24, 2.45) is 0 Å². The van der Waals surface area contributed by atoms with E-state index in [-0.39, 0.29) is 29.1 Å². The zero-order valence-electron chi connectivity index (χ0n) is 10.4. The Morgan fingerprint density at radius 2 is 2.05 bits per heavy atom. The van der Waals surface area contributed by atoms with Crippen molar-refractivity contribution < 1.29 is 13.2 Å². The third-order valence-electron chi connectivity index (χ3n) is 3.12. The van der Waals surface area contributed by atoms with E-state index in [4.69, 9.17) is 11.5 Å². The monoisotopic (exact) mass is 283 g/mol. The van der Waals surface area contributed by atoms with Gasteiger partial charge in [0.1, 0.15) is 0 Å². The second-order valence-corrected chi connectivity index (χ2v) is 7.00. The average Bonchev–Trinajstić information content (AvgIpc) is 2.27. The van der Waals surface area contributed by atoms with E-state index in [1.807, 2.05) is 0 Å². The van der Waals surface area contributed by atoms with E-state index in [0.29, 0.717) is 24.1 Å². The van der Waals surface area contributed by atoms with Gasteiger partial charge >= 0.3 is 0 Å². The lowest BCUT2D eigenvalue weighted by Gasteiger charge is -2.23. The molecule has 7 heteroatoms. The molecule has 0 spiro atoms. The lowest BCUT2D eigenvalue weighted by molar-refractivity contribution is 0.0939. The van der Waals surface area contributed by atoms with Gasteiger partial charge in [-0.05, 0) is 31.0 Å². The highest BCUT2D eigenvalue weighted by molar-refractivity contribution is 7.91. The van der Waals surface area contributed by atoms with Crippen molar-refractivity contribution in [3.63, 3.8) is 0 Å². The topological polar surface area (TPSA) is 115 Å². The highest BCUT2D eigenvalue weighted by atomic mass is 32.2. The van der Waals surface area contributed by atoms with Crippen molar-refractivity contribution in [3.05, 3.63) is 23.8 Å². The molecule has 104 valence electrons. The molecule has 1 aliphatic heterocycles. The van der Waals surface area contributed by atoms with Crippen LogP contribution in [0.2, 0.25) is 0 Å². The van der Waals surface area contributed by atoms with Crippen LogP contribution in [0, 0.1) is 0 Å². The summed E-state index contributed by atoms with van der Waals surface area (Å²) in [6.45, 7) is 0. The van der Waals surface area contributed by atoms with Crippen LogP contribution in [0.3, 0.4) is 0 Å². The molecule has 0 aromatic heterocycles. The number of amides is 1. The van der Waals surface area contributed by atoms with E-state index in [2.05, 4.69) is 5.32 Å². The Kier molecular flexibility index (Phi) is 3.66. The van der Waals surface area contributed by atoms with E-state index >= 15 is 0 Å². The van der Waals surface area contributed by atoms with Crippen LogP contribution < -0.4 is 16.8 Å². The molecule has 1 aliphatic rings. The van der Waals surface area contributed by atoms with Crippen LogP contribution in [-0.2, 0) is 9.84 Å². The highest BCUT2D eigenvalue weighted by Gasteiger charge is 2.26. The number of carbonyl (C=O) groups excluding carboxylic acids is 1. The third-order valence-corrected chi connectivity index (χ3v) is 4.94. The molecule has 1 saturated heterocycles. The minimum atomic E-state index is -3.04. The molecule has 0 radical (unpaired) electrons. The summed E-state index contributed by atoms with van der Waals surface area (Å²) >= 11 is 0. The number of carbonyl (C=O) groups is 1. The summed E-state index contributed by atoms with van der Waals surface area (Å²) < 4.78 is 23.0. The molecule has 5 N–H and O–H groups in total. The van der Waals surface area contributed by atoms with Crippen molar-refractivity contribution in [1.29, 1.82) is 0 Å². The SMILES string of the molecule is Nc1ccc(C(=O)NC2CCCS(=O)(=O)C2)c(N)c1. The molecule has 0 bridgehead atoms. The first-order valence-corrected chi connectivity index (χ1v) is 7.86. The fourth-order valence-electron chi connectivity index (χ4n) is 2.19. The number of anilines is 2. The van der Waals surface area contributed by atoms with E-state index in [1.54, 1.807) is 6.07 Å². The first-order chi connectivity index (χ1) is 8.87. The third kappa shape index (κ3) is 3.37. The van der Waals surface area contributed by atoms with Crippen LogP contribution in [0.25, 0.3) is 0 Å². The fraction of sp³-hybridized carbons (Fsp3) is 0.417. The summed E-state index contributed by atoms with van der Waals surface area (Å²) in [6.07, 6.45) is 1.24. The van der Waals surface area contributed by atoms with Gasteiger partial charge in [0.05, 0.1) is 17.1 Å². The van der Waals surface area contributed by atoms with Crippen molar-refractivity contribution in [1.82, 2.24) is 5.32 Å². The normalized spacial score (nSPS) is 21.8. The number of sulfone groups is 1. The predicted molar refractivity (Wildman–Crippen MR) is 74.4 cm³/mol. The van der Waals surface area contributed by atoms with Crippen molar-refractivity contribution in [2.45, 2.75) is 18.9 Å². The smallest absolute Gasteiger partial charge is 0.253 e. The molecule has 1 aromatic rings. The highest BCUT2D eigenvalue weighted by Crippen LogP contribution is 2.17. The summed E-state index contributed by atoms with van der Waals surface area (Å²) in [5.74, 6) is -0.170. The molecule has 0 saturated carbocycles. The van der Waals surface area contributed by atoms with Gasteiger partial charge in [0.2, 0.25) is 0 Å². The predicted octanol–water partition coefficient (Wildman–Crippen LogP) is 0.158. The number of benzene rings is 1. The maximum absolute atomic E-state index is 12.0. The van der Waals surface area contributed by atoms with Gasteiger partial charge in [-0.15, -0.1) is 0 Å². The second-order valence-electron chi connectivity index (χ2n) is 4.77. The maximum atomic E-state index is 12.0. The summed E-state index contributed by atoms with van der Waals surface area (Å²) in [6, 6.07) is 4.29. The number of nitrogen functional groups attached to an aromatic ring is 2. The van der Waals surface area contributed by atoms with E-state index in [9.17, 15) is 13.2 Å². The van der Waals surface area contributed by atoms with Crippen LogP contribution in [0.1, 0.15) is 23.2 Å². The minimum Gasteiger partial charge on any atom is -0.399 e. The van der Waals surface area contributed by atoms with Gasteiger partial charge in [-0.3, -0.25) is 4.79 Å². The molecular weight excluding hydrogens is 266 g/mol. The van der Waals surface area contributed by atoms with Gasteiger partial charge in [0.15, 0.2) is 9.84 Å². The van der Waals surface area contributed by atoms with Gasteiger partial charge < -0.3 is 16.8 Å². The van der Waals surface area contributed by atoms with E-state index < -0.39 is 9.84 Å². The molecule has 1 unspecified atom stereocenters. The van der Waals surface area contributed by atoms with Crippen LogP contribution >= 0.6 is 0 Å². The summed E-state index contributed by atoms with van der Waals surface area (Å²) in [7, 11) is -3.04. The Bertz CT molecular complexity index is 598. The van der Waals surface area contributed by atoms with Gasteiger partial charge in [-0.2, -0.15) is 0 Å². The minimum absolute atomic E-state index is 0.00633.